The lowest BCUT2D eigenvalue weighted by molar-refractivity contribution is 0.327. The molecule has 4 aromatic rings. The molecule has 10 heteroatoms. The average Bonchev–Trinajstić information content (AvgIpc) is 2.93. The van der Waals surface area contributed by atoms with Crippen molar-refractivity contribution >= 4 is 49.0 Å². The van der Waals surface area contributed by atoms with Gasteiger partial charge in [0.05, 0.1) is 35.8 Å². The van der Waals surface area contributed by atoms with Gasteiger partial charge in [-0.1, -0.05) is 26.0 Å². The molecule has 3 aromatic carbocycles. The van der Waals surface area contributed by atoms with Crippen LogP contribution in [0.15, 0.2) is 61.3 Å². The maximum absolute atomic E-state index is 13.7. The van der Waals surface area contributed by atoms with Gasteiger partial charge >= 0.3 is 0 Å². The fraction of sp³-hybridized carbons (Fsp3) is 0.241. The van der Waals surface area contributed by atoms with E-state index in [0.29, 0.717) is 42.7 Å². The van der Waals surface area contributed by atoms with Crippen molar-refractivity contribution in [3.63, 3.8) is 0 Å². The fourth-order valence-electron chi connectivity index (χ4n) is 4.18. The Balaban J connectivity index is 1.96. The second kappa shape index (κ2) is 12.0. The number of hydrogen-bond donors (Lipinski definition) is 0. The second-order valence-electron chi connectivity index (χ2n) is 8.95. The van der Waals surface area contributed by atoms with Gasteiger partial charge in [0.1, 0.15) is 11.8 Å². The summed E-state index contributed by atoms with van der Waals surface area (Å²) in [5, 5.41) is 14.0. The summed E-state index contributed by atoms with van der Waals surface area (Å²) in [5.41, 5.74) is 3.56. The number of fused-ring (bicyclic) bond motifs is 1. The first-order chi connectivity index (χ1) is 18.7. The number of ether oxygens (including phenoxy) is 3. The quantitative estimate of drug-likeness (QED) is 0.194. The Morgan fingerprint density at radius 1 is 1.10 bits per heavy atom. The molecule has 1 aromatic heterocycles. The fourth-order valence-corrected chi connectivity index (χ4v) is 5.12. The van der Waals surface area contributed by atoms with E-state index in [0.717, 1.165) is 22.4 Å². The van der Waals surface area contributed by atoms with Gasteiger partial charge in [-0.2, -0.15) is 15.0 Å². The van der Waals surface area contributed by atoms with E-state index in [-0.39, 0.29) is 18.1 Å². The molecule has 0 spiro atoms. The van der Waals surface area contributed by atoms with Crippen LogP contribution in [0.3, 0.4) is 0 Å². The Morgan fingerprint density at radius 2 is 1.82 bits per heavy atom. The van der Waals surface area contributed by atoms with E-state index in [1.165, 1.54) is 11.8 Å². The van der Waals surface area contributed by atoms with E-state index in [9.17, 15) is 4.79 Å². The van der Waals surface area contributed by atoms with Gasteiger partial charge in [-0.05, 0) is 86.2 Å². The summed E-state index contributed by atoms with van der Waals surface area (Å²) in [6.07, 6.45) is 1.55. The van der Waals surface area contributed by atoms with Crippen LogP contribution in [0.25, 0.3) is 22.3 Å². The third-order valence-electron chi connectivity index (χ3n) is 6.16. The summed E-state index contributed by atoms with van der Waals surface area (Å²) < 4.78 is 19.1. The molecule has 0 aliphatic rings. The number of methoxy groups -OCH3 is 2. The summed E-state index contributed by atoms with van der Waals surface area (Å²) in [7, 11) is 3.15. The molecule has 0 aliphatic carbocycles. The molecule has 0 saturated heterocycles. The Kier molecular flexibility index (Phi) is 8.73. The SMILES string of the molecule is COc1cc(C)c(-c2nc3ccccc3c(=O)n2N=Cc2cc(OC)c(OCC#N)c(Br)c2Br)cc1C(C)C. The molecule has 8 nitrogen and oxygen atoms in total. The Bertz CT molecular complexity index is 1690. The van der Waals surface area contributed by atoms with Crippen LogP contribution in [0.1, 0.15) is 36.5 Å². The third-order valence-corrected chi connectivity index (χ3v) is 8.31. The largest absolute Gasteiger partial charge is 0.496 e. The van der Waals surface area contributed by atoms with E-state index in [1.54, 1.807) is 31.5 Å². The zero-order valence-corrected chi connectivity index (χ0v) is 25.3. The topological polar surface area (TPSA) is 98.7 Å². The maximum atomic E-state index is 13.7. The Hall–Kier alpha value is -3.68. The molecule has 0 saturated carbocycles. The second-order valence-corrected chi connectivity index (χ2v) is 10.5. The van der Waals surface area contributed by atoms with Crippen LogP contribution in [0.5, 0.6) is 17.2 Å². The molecule has 0 N–H and O–H groups in total. The minimum absolute atomic E-state index is 0.143. The predicted octanol–water partition coefficient (Wildman–Crippen LogP) is 6.82. The first-order valence-corrected chi connectivity index (χ1v) is 13.6. The standard InChI is InChI=1S/C29H26Br2N4O4/c1-16(2)20-14-21(17(3)12-23(20)37-4)28-34-22-9-7-6-8-19(22)29(36)35(28)33-15-18-13-24(38-5)27(39-11-10-32)26(31)25(18)30/h6-9,12-16H,11H2,1-5H3. The summed E-state index contributed by atoms with van der Waals surface area (Å²) in [5.74, 6) is 2.16. The molecule has 200 valence electrons. The van der Waals surface area contributed by atoms with Crippen LogP contribution >= 0.6 is 31.9 Å². The van der Waals surface area contributed by atoms with Crippen LogP contribution in [0, 0.1) is 18.3 Å². The van der Waals surface area contributed by atoms with E-state index in [4.69, 9.17) is 24.5 Å². The number of hydrogen-bond acceptors (Lipinski definition) is 7. The molecule has 0 fully saturated rings. The van der Waals surface area contributed by atoms with Crippen molar-refractivity contribution < 1.29 is 14.2 Å². The predicted molar refractivity (Wildman–Crippen MR) is 159 cm³/mol. The minimum atomic E-state index is -0.302. The monoisotopic (exact) mass is 652 g/mol. The van der Waals surface area contributed by atoms with Crippen molar-refractivity contribution in [2.24, 2.45) is 5.10 Å². The summed E-state index contributed by atoms with van der Waals surface area (Å²) in [6, 6.07) is 14.8. The van der Waals surface area contributed by atoms with E-state index < -0.39 is 0 Å². The number of rotatable bonds is 8. The highest BCUT2D eigenvalue weighted by Gasteiger charge is 2.20. The number of nitrogens with zero attached hydrogens (tertiary/aromatic N) is 4. The molecule has 0 unspecified atom stereocenters. The average molecular weight is 654 g/mol. The first-order valence-electron chi connectivity index (χ1n) is 12.0. The molecule has 4 rings (SSSR count). The van der Waals surface area contributed by atoms with Gasteiger partial charge in [0.15, 0.2) is 23.9 Å². The number of para-hydroxylation sites is 1. The van der Waals surface area contributed by atoms with Gasteiger partial charge in [0.25, 0.3) is 5.56 Å². The van der Waals surface area contributed by atoms with Crippen molar-refractivity contribution in [2.45, 2.75) is 26.7 Å². The van der Waals surface area contributed by atoms with Gasteiger partial charge in [0.2, 0.25) is 0 Å². The zero-order valence-electron chi connectivity index (χ0n) is 22.1. The van der Waals surface area contributed by atoms with E-state index >= 15 is 0 Å². The van der Waals surface area contributed by atoms with Crippen molar-refractivity contribution in [3.05, 3.63) is 78.5 Å². The van der Waals surface area contributed by atoms with Crippen molar-refractivity contribution in [1.82, 2.24) is 9.66 Å². The highest BCUT2D eigenvalue weighted by molar-refractivity contribution is 9.13. The number of aryl methyl sites for hydroxylation is 1. The Labute approximate surface area is 243 Å². The van der Waals surface area contributed by atoms with Gasteiger partial charge in [-0.25, -0.2) is 4.98 Å². The highest BCUT2D eigenvalue weighted by atomic mass is 79.9. The molecular weight excluding hydrogens is 628 g/mol. The molecule has 0 atom stereocenters. The van der Waals surface area contributed by atoms with Crippen LogP contribution in [0.4, 0.5) is 0 Å². The number of halogens is 2. The minimum Gasteiger partial charge on any atom is -0.496 e. The van der Waals surface area contributed by atoms with Crippen molar-refractivity contribution in [2.75, 3.05) is 20.8 Å². The molecule has 0 amide bonds. The smallest absolute Gasteiger partial charge is 0.282 e. The maximum Gasteiger partial charge on any atom is 0.282 e. The lowest BCUT2D eigenvalue weighted by Gasteiger charge is -2.17. The lowest BCUT2D eigenvalue weighted by Crippen LogP contribution is -2.21. The molecular formula is C29H26Br2N4O4. The lowest BCUT2D eigenvalue weighted by atomic mass is 9.96. The van der Waals surface area contributed by atoms with Crippen molar-refractivity contribution in [3.8, 4) is 34.7 Å². The molecule has 0 bridgehead atoms. The normalized spacial score (nSPS) is 11.3. The Morgan fingerprint density at radius 3 is 2.49 bits per heavy atom. The summed E-state index contributed by atoms with van der Waals surface area (Å²) in [4.78, 5) is 18.6. The number of nitriles is 1. The molecule has 1 heterocycles. The molecule has 39 heavy (non-hydrogen) atoms. The van der Waals surface area contributed by atoms with Gasteiger partial charge in [-0.3, -0.25) is 4.79 Å². The van der Waals surface area contributed by atoms with E-state index in [2.05, 4.69) is 50.8 Å². The van der Waals surface area contributed by atoms with Crippen LogP contribution in [-0.2, 0) is 0 Å². The molecule has 0 aliphatic heterocycles. The third kappa shape index (κ3) is 5.56. The van der Waals surface area contributed by atoms with Crippen molar-refractivity contribution in [1.29, 1.82) is 5.26 Å². The van der Waals surface area contributed by atoms with E-state index in [1.807, 2.05) is 37.3 Å². The number of aromatic nitrogens is 2. The molecule has 0 radical (unpaired) electrons. The van der Waals surface area contributed by atoms with Gasteiger partial charge in [-0.15, -0.1) is 0 Å². The first kappa shape index (κ1) is 28.3. The highest BCUT2D eigenvalue weighted by Crippen LogP contribution is 2.42. The van der Waals surface area contributed by atoms with Gasteiger partial charge in [0, 0.05) is 15.6 Å². The summed E-state index contributed by atoms with van der Waals surface area (Å²) in [6.45, 7) is 5.98. The van der Waals surface area contributed by atoms with Crippen LogP contribution < -0.4 is 19.8 Å². The van der Waals surface area contributed by atoms with Crippen LogP contribution in [-0.4, -0.2) is 36.7 Å². The number of benzene rings is 3. The van der Waals surface area contributed by atoms with Gasteiger partial charge < -0.3 is 14.2 Å². The zero-order chi connectivity index (χ0) is 28.3. The summed E-state index contributed by atoms with van der Waals surface area (Å²) >= 11 is 7.07. The van der Waals surface area contributed by atoms with Crippen LogP contribution in [0.2, 0.25) is 0 Å².